The first-order chi connectivity index (χ1) is 9.15. The molecule has 1 heterocycles. The largest absolute Gasteiger partial charge is 0.493 e. The van der Waals surface area contributed by atoms with Gasteiger partial charge in [-0.2, -0.15) is 0 Å². The fraction of sp³-hybridized carbons (Fsp3) is 0.154. The predicted molar refractivity (Wildman–Crippen MR) is 69.1 cm³/mol. The second-order valence-electron chi connectivity index (χ2n) is 3.72. The minimum absolute atomic E-state index is 0.118. The van der Waals surface area contributed by atoms with Crippen molar-refractivity contribution in [3.05, 3.63) is 36.3 Å². The zero-order valence-corrected chi connectivity index (χ0v) is 10.6. The van der Waals surface area contributed by atoms with Gasteiger partial charge in [0.2, 0.25) is 0 Å². The summed E-state index contributed by atoms with van der Waals surface area (Å²) in [6.45, 7) is 0. The van der Waals surface area contributed by atoms with Crippen molar-refractivity contribution in [2.45, 2.75) is 0 Å². The van der Waals surface area contributed by atoms with E-state index in [2.05, 4.69) is 9.97 Å². The van der Waals surface area contributed by atoms with Gasteiger partial charge in [0.1, 0.15) is 5.69 Å². The van der Waals surface area contributed by atoms with E-state index in [1.54, 1.807) is 38.6 Å². The van der Waals surface area contributed by atoms with Gasteiger partial charge in [-0.1, -0.05) is 0 Å². The lowest BCUT2D eigenvalue weighted by molar-refractivity contribution is 0.0995. The zero-order chi connectivity index (χ0) is 13.8. The fourth-order valence-electron chi connectivity index (χ4n) is 1.62. The van der Waals surface area contributed by atoms with E-state index in [1.807, 2.05) is 0 Å². The van der Waals surface area contributed by atoms with Gasteiger partial charge < -0.3 is 15.2 Å². The number of amides is 1. The standard InChI is InChI=1S/C13H13N3O3/c1-18-11-4-3-8(5-12(11)19-2)9-6-15-7-10(16-9)13(14)17/h3-7H,1-2H3,(H2,14,17). The highest BCUT2D eigenvalue weighted by atomic mass is 16.5. The van der Waals surface area contributed by atoms with Crippen molar-refractivity contribution in [1.29, 1.82) is 0 Å². The van der Waals surface area contributed by atoms with E-state index >= 15 is 0 Å². The first kappa shape index (κ1) is 12.8. The minimum atomic E-state index is -0.616. The molecule has 0 saturated carbocycles. The normalized spacial score (nSPS) is 10.0. The van der Waals surface area contributed by atoms with Crippen LogP contribution < -0.4 is 15.2 Å². The summed E-state index contributed by atoms with van der Waals surface area (Å²) in [6, 6.07) is 5.32. The predicted octanol–water partition coefficient (Wildman–Crippen LogP) is 1.26. The van der Waals surface area contributed by atoms with E-state index in [9.17, 15) is 4.79 Å². The number of nitrogens with zero attached hydrogens (tertiary/aromatic N) is 2. The van der Waals surface area contributed by atoms with Gasteiger partial charge in [0.25, 0.3) is 5.91 Å². The van der Waals surface area contributed by atoms with Crippen molar-refractivity contribution in [2.24, 2.45) is 5.73 Å². The lowest BCUT2D eigenvalue weighted by atomic mass is 10.1. The minimum Gasteiger partial charge on any atom is -0.493 e. The number of rotatable bonds is 4. The molecule has 2 rings (SSSR count). The number of primary amides is 1. The Balaban J connectivity index is 2.47. The summed E-state index contributed by atoms with van der Waals surface area (Å²) in [5, 5.41) is 0. The second-order valence-corrected chi connectivity index (χ2v) is 3.72. The molecule has 2 aromatic rings. The van der Waals surface area contributed by atoms with Gasteiger partial charge in [0.05, 0.1) is 32.3 Å². The zero-order valence-electron chi connectivity index (χ0n) is 10.6. The summed E-state index contributed by atoms with van der Waals surface area (Å²) in [5.41, 5.74) is 6.59. The summed E-state index contributed by atoms with van der Waals surface area (Å²) in [6.07, 6.45) is 2.88. The van der Waals surface area contributed by atoms with Crippen LogP contribution in [0, 0.1) is 0 Å². The molecular weight excluding hydrogens is 246 g/mol. The highest BCUT2D eigenvalue weighted by Gasteiger charge is 2.09. The number of hydrogen-bond acceptors (Lipinski definition) is 5. The third-order valence-electron chi connectivity index (χ3n) is 2.57. The molecule has 0 radical (unpaired) electrons. The molecule has 0 bridgehead atoms. The molecule has 0 spiro atoms. The number of carbonyl (C=O) groups is 1. The Morgan fingerprint density at radius 1 is 1.16 bits per heavy atom. The maximum absolute atomic E-state index is 11.1. The highest BCUT2D eigenvalue weighted by molar-refractivity contribution is 5.90. The molecule has 19 heavy (non-hydrogen) atoms. The SMILES string of the molecule is COc1ccc(-c2cncc(C(N)=O)n2)cc1OC. The number of carbonyl (C=O) groups excluding carboxylic acids is 1. The van der Waals surface area contributed by atoms with Crippen LogP contribution in [0.4, 0.5) is 0 Å². The Morgan fingerprint density at radius 2 is 1.89 bits per heavy atom. The van der Waals surface area contributed by atoms with E-state index in [0.29, 0.717) is 17.2 Å². The van der Waals surface area contributed by atoms with Gasteiger partial charge in [-0.15, -0.1) is 0 Å². The number of methoxy groups -OCH3 is 2. The number of hydrogen-bond donors (Lipinski definition) is 1. The molecule has 0 aliphatic carbocycles. The van der Waals surface area contributed by atoms with Crippen LogP contribution in [0.25, 0.3) is 11.3 Å². The number of benzene rings is 1. The first-order valence-electron chi connectivity index (χ1n) is 5.50. The smallest absolute Gasteiger partial charge is 0.268 e. The number of aromatic nitrogens is 2. The van der Waals surface area contributed by atoms with Crippen LogP contribution in [0.15, 0.2) is 30.6 Å². The summed E-state index contributed by atoms with van der Waals surface area (Å²) >= 11 is 0. The molecule has 1 aromatic carbocycles. The molecule has 6 heteroatoms. The van der Waals surface area contributed by atoms with Crippen LogP contribution >= 0.6 is 0 Å². The van der Waals surface area contributed by atoms with Crippen molar-refractivity contribution in [3.63, 3.8) is 0 Å². The summed E-state index contributed by atoms with van der Waals surface area (Å²) in [7, 11) is 3.11. The Kier molecular flexibility index (Phi) is 3.61. The van der Waals surface area contributed by atoms with Gasteiger partial charge in [0.15, 0.2) is 11.5 Å². The quantitative estimate of drug-likeness (QED) is 0.893. The Hall–Kier alpha value is -2.63. The van der Waals surface area contributed by atoms with Crippen molar-refractivity contribution >= 4 is 5.91 Å². The van der Waals surface area contributed by atoms with Crippen molar-refractivity contribution in [2.75, 3.05) is 14.2 Å². The molecule has 98 valence electrons. The van der Waals surface area contributed by atoms with Gasteiger partial charge in [0, 0.05) is 5.56 Å². The molecule has 1 aromatic heterocycles. The van der Waals surface area contributed by atoms with E-state index in [1.165, 1.54) is 6.20 Å². The summed E-state index contributed by atoms with van der Waals surface area (Å²) in [4.78, 5) is 19.2. The molecule has 0 fully saturated rings. The van der Waals surface area contributed by atoms with Crippen molar-refractivity contribution in [1.82, 2.24) is 9.97 Å². The molecule has 0 saturated heterocycles. The Bertz CT molecular complexity index is 614. The number of ether oxygens (including phenoxy) is 2. The third kappa shape index (κ3) is 2.62. The lowest BCUT2D eigenvalue weighted by Gasteiger charge is -2.09. The number of nitrogens with two attached hydrogens (primary N) is 1. The monoisotopic (exact) mass is 259 g/mol. The molecule has 0 unspecified atom stereocenters. The highest BCUT2D eigenvalue weighted by Crippen LogP contribution is 2.31. The van der Waals surface area contributed by atoms with E-state index in [0.717, 1.165) is 5.56 Å². The first-order valence-corrected chi connectivity index (χ1v) is 5.50. The van der Waals surface area contributed by atoms with Crippen molar-refractivity contribution in [3.8, 4) is 22.8 Å². The third-order valence-corrected chi connectivity index (χ3v) is 2.57. The topological polar surface area (TPSA) is 87.3 Å². The molecule has 6 nitrogen and oxygen atoms in total. The molecule has 2 N–H and O–H groups in total. The van der Waals surface area contributed by atoms with E-state index in [-0.39, 0.29) is 5.69 Å². The molecule has 1 amide bonds. The average molecular weight is 259 g/mol. The van der Waals surface area contributed by atoms with Gasteiger partial charge in [-0.05, 0) is 18.2 Å². The van der Waals surface area contributed by atoms with E-state index in [4.69, 9.17) is 15.2 Å². The molecule has 0 atom stereocenters. The molecule has 0 aliphatic rings. The van der Waals surface area contributed by atoms with Gasteiger partial charge in [-0.3, -0.25) is 9.78 Å². The molecule has 0 aliphatic heterocycles. The average Bonchev–Trinajstić information content (AvgIpc) is 2.46. The fourth-order valence-corrected chi connectivity index (χ4v) is 1.62. The van der Waals surface area contributed by atoms with E-state index < -0.39 is 5.91 Å². The Morgan fingerprint density at radius 3 is 2.53 bits per heavy atom. The van der Waals surface area contributed by atoms with Crippen LogP contribution in [0.5, 0.6) is 11.5 Å². The summed E-state index contributed by atoms with van der Waals surface area (Å²) in [5.74, 6) is 0.575. The van der Waals surface area contributed by atoms with Crippen LogP contribution in [-0.4, -0.2) is 30.1 Å². The van der Waals surface area contributed by atoms with Crippen LogP contribution in [0.3, 0.4) is 0 Å². The van der Waals surface area contributed by atoms with Gasteiger partial charge in [-0.25, -0.2) is 4.98 Å². The van der Waals surface area contributed by atoms with Gasteiger partial charge >= 0.3 is 0 Å². The van der Waals surface area contributed by atoms with Crippen molar-refractivity contribution < 1.29 is 14.3 Å². The summed E-state index contributed by atoms with van der Waals surface area (Å²) < 4.78 is 10.4. The maximum Gasteiger partial charge on any atom is 0.268 e. The maximum atomic E-state index is 11.1. The second kappa shape index (κ2) is 5.34. The van der Waals surface area contributed by atoms with Crippen LogP contribution in [0.2, 0.25) is 0 Å². The van der Waals surface area contributed by atoms with Crippen LogP contribution in [0.1, 0.15) is 10.5 Å². The van der Waals surface area contributed by atoms with Crippen LogP contribution in [-0.2, 0) is 0 Å². The lowest BCUT2D eigenvalue weighted by Crippen LogP contribution is -2.13. The Labute approximate surface area is 110 Å². The molecular formula is C13H13N3O3.